The van der Waals surface area contributed by atoms with Crippen LogP contribution in [0.4, 0.5) is 5.69 Å². The largest absolute Gasteiger partial charge is 0.371 e. The Balaban J connectivity index is 1.88. The fourth-order valence-corrected chi connectivity index (χ4v) is 2.65. The summed E-state index contributed by atoms with van der Waals surface area (Å²) in [6, 6.07) is 18.7. The monoisotopic (exact) mass is 261 g/mol. The zero-order valence-corrected chi connectivity index (χ0v) is 11.7. The highest BCUT2D eigenvalue weighted by Crippen LogP contribution is 2.23. The third kappa shape index (κ3) is 3.03. The van der Waals surface area contributed by atoms with E-state index >= 15 is 0 Å². The lowest BCUT2D eigenvalue weighted by molar-refractivity contribution is 0.577. The molecule has 2 aromatic rings. The Morgan fingerprint density at radius 3 is 2.20 bits per heavy atom. The number of para-hydroxylation sites is 1. The van der Waals surface area contributed by atoms with Gasteiger partial charge in [0.2, 0.25) is 0 Å². The van der Waals surface area contributed by atoms with E-state index in [4.69, 9.17) is 0 Å². The van der Waals surface area contributed by atoms with Crippen LogP contribution in [0.5, 0.6) is 0 Å². The summed E-state index contributed by atoms with van der Waals surface area (Å²) in [5.41, 5.74) is 3.50. The zero-order chi connectivity index (χ0) is 13.6. The van der Waals surface area contributed by atoms with Crippen molar-refractivity contribution in [1.82, 2.24) is 0 Å². The molecule has 1 saturated heterocycles. The number of rotatable bonds is 1. The van der Waals surface area contributed by atoms with Gasteiger partial charge in [0, 0.05) is 24.2 Å². The maximum Gasteiger partial charge on any atom is 0.0525 e. The highest BCUT2D eigenvalue weighted by Gasteiger charge is 2.12. The van der Waals surface area contributed by atoms with Crippen molar-refractivity contribution < 1.29 is 0 Å². The highest BCUT2D eigenvalue weighted by molar-refractivity contribution is 5.62. The zero-order valence-electron chi connectivity index (χ0n) is 11.7. The molecule has 0 atom stereocenters. The Morgan fingerprint density at radius 2 is 1.40 bits per heavy atom. The molecule has 1 nitrogen and oxygen atoms in total. The molecular formula is C19H19N. The Labute approximate surface area is 121 Å². The first kappa shape index (κ1) is 12.8. The average molecular weight is 261 g/mol. The van der Waals surface area contributed by atoms with E-state index < -0.39 is 0 Å². The Kier molecular flexibility index (Phi) is 4.04. The molecule has 0 aromatic heterocycles. The van der Waals surface area contributed by atoms with E-state index in [9.17, 15) is 0 Å². The maximum atomic E-state index is 3.34. The fourth-order valence-electron chi connectivity index (χ4n) is 2.65. The molecule has 1 heteroatoms. The van der Waals surface area contributed by atoms with Gasteiger partial charge in [-0.05, 0) is 43.5 Å². The second-order valence-corrected chi connectivity index (χ2v) is 5.18. The minimum atomic E-state index is 1.07. The molecule has 1 aliphatic rings. The smallest absolute Gasteiger partial charge is 0.0525 e. The van der Waals surface area contributed by atoms with Crippen LogP contribution >= 0.6 is 0 Å². The van der Waals surface area contributed by atoms with E-state index in [0.29, 0.717) is 0 Å². The van der Waals surface area contributed by atoms with Crippen molar-refractivity contribution in [2.24, 2.45) is 0 Å². The fraction of sp³-hybridized carbons (Fsp3) is 0.263. The Morgan fingerprint density at radius 1 is 0.700 bits per heavy atom. The van der Waals surface area contributed by atoms with Crippen LogP contribution in [-0.2, 0) is 0 Å². The molecule has 3 rings (SSSR count). The normalized spacial score (nSPS) is 14.5. The maximum absolute atomic E-state index is 3.34. The lowest BCUT2D eigenvalue weighted by Crippen LogP contribution is -2.29. The summed E-state index contributed by atoms with van der Waals surface area (Å²) in [5, 5.41) is 0. The van der Waals surface area contributed by atoms with E-state index in [1.165, 1.54) is 24.9 Å². The molecule has 1 heterocycles. The van der Waals surface area contributed by atoms with Gasteiger partial charge in [0.15, 0.2) is 0 Å². The Hall–Kier alpha value is -2.20. The number of anilines is 1. The van der Waals surface area contributed by atoms with Crippen molar-refractivity contribution in [2.75, 3.05) is 18.0 Å². The summed E-state index contributed by atoms with van der Waals surface area (Å²) in [6.07, 6.45) is 3.94. The van der Waals surface area contributed by atoms with Gasteiger partial charge in [-0.1, -0.05) is 42.2 Å². The van der Waals surface area contributed by atoms with Crippen LogP contribution in [0.1, 0.15) is 30.4 Å². The molecule has 1 aliphatic heterocycles. The first-order valence-corrected chi connectivity index (χ1v) is 7.34. The van der Waals surface area contributed by atoms with E-state index in [2.05, 4.69) is 53.1 Å². The summed E-state index contributed by atoms with van der Waals surface area (Å²) in [5.74, 6) is 6.60. The second-order valence-electron chi connectivity index (χ2n) is 5.18. The topological polar surface area (TPSA) is 3.24 Å². The molecule has 0 unspecified atom stereocenters. The first-order chi connectivity index (χ1) is 9.93. The number of nitrogens with zero attached hydrogens (tertiary/aromatic N) is 1. The number of hydrogen-bond acceptors (Lipinski definition) is 1. The van der Waals surface area contributed by atoms with Gasteiger partial charge in [-0.2, -0.15) is 0 Å². The van der Waals surface area contributed by atoms with Crippen molar-refractivity contribution in [1.29, 1.82) is 0 Å². The van der Waals surface area contributed by atoms with Crippen LogP contribution < -0.4 is 4.90 Å². The number of hydrogen-bond donors (Lipinski definition) is 0. The summed E-state index contributed by atoms with van der Waals surface area (Å²) in [4.78, 5) is 2.47. The average Bonchev–Trinajstić information content (AvgIpc) is 2.55. The van der Waals surface area contributed by atoms with E-state index in [0.717, 1.165) is 24.2 Å². The molecule has 100 valence electrons. The van der Waals surface area contributed by atoms with E-state index in [1.807, 2.05) is 18.2 Å². The van der Waals surface area contributed by atoms with Crippen LogP contribution in [0, 0.1) is 11.8 Å². The molecule has 0 saturated carbocycles. The first-order valence-electron chi connectivity index (χ1n) is 7.34. The molecule has 0 N–H and O–H groups in total. The van der Waals surface area contributed by atoms with Gasteiger partial charge in [-0.25, -0.2) is 0 Å². The number of piperidine rings is 1. The van der Waals surface area contributed by atoms with Gasteiger partial charge in [0.1, 0.15) is 0 Å². The van der Waals surface area contributed by atoms with Crippen molar-refractivity contribution in [2.45, 2.75) is 19.3 Å². The lowest BCUT2D eigenvalue weighted by atomic mass is 10.1. The van der Waals surface area contributed by atoms with Gasteiger partial charge in [-0.3, -0.25) is 0 Å². The molecule has 0 spiro atoms. The summed E-state index contributed by atoms with van der Waals surface area (Å²) >= 11 is 0. The molecule has 0 aliphatic carbocycles. The molecule has 0 amide bonds. The third-order valence-electron chi connectivity index (χ3n) is 3.72. The Bertz CT molecular complexity index is 613. The predicted molar refractivity (Wildman–Crippen MR) is 84.9 cm³/mol. The minimum Gasteiger partial charge on any atom is -0.371 e. The molecule has 20 heavy (non-hydrogen) atoms. The molecular weight excluding hydrogens is 242 g/mol. The van der Waals surface area contributed by atoms with Crippen LogP contribution in [0.25, 0.3) is 0 Å². The second kappa shape index (κ2) is 6.30. The van der Waals surface area contributed by atoms with Gasteiger partial charge in [-0.15, -0.1) is 0 Å². The summed E-state index contributed by atoms with van der Waals surface area (Å²) in [6.45, 7) is 2.31. The van der Waals surface area contributed by atoms with E-state index in [1.54, 1.807) is 0 Å². The van der Waals surface area contributed by atoms with Gasteiger partial charge >= 0.3 is 0 Å². The minimum absolute atomic E-state index is 1.07. The highest BCUT2D eigenvalue weighted by atomic mass is 15.1. The van der Waals surface area contributed by atoms with Crippen molar-refractivity contribution in [3.8, 4) is 11.8 Å². The molecule has 2 aromatic carbocycles. The third-order valence-corrected chi connectivity index (χ3v) is 3.72. The van der Waals surface area contributed by atoms with Crippen LogP contribution in [0.15, 0.2) is 54.6 Å². The SMILES string of the molecule is C(#Cc1ccccc1N1CCCCC1)c1ccccc1. The number of benzene rings is 2. The van der Waals surface area contributed by atoms with Crippen LogP contribution in [0.3, 0.4) is 0 Å². The molecule has 1 fully saturated rings. The lowest BCUT2D eigenvalue weighted by Gasteiger charge is -2.29. The van der Waals surface area contributed by atoms with Crippen molar-refractivity contribution in [3.05, 3.63) is 65.7 Å². The summed E-state index contributed by atoms with van der Waals surface area (Å²) in [7, 11) is 0. The standard InChI is InChI=1S/C19H19N/c1-3-9-17(10-4-1)13-14-18-11-5-6-12-19(18)20-15-7-2-8-16-20/h1,3-6,9-12H,2,7-8,15-16H2. The van der Waals surface area contributed by atoms with Crippen molar-refractivity contribution >= 4 is 5.69 Å². The van der Waals surface area contributed by atoms with Gasteiger partial charge < -0.3 is 4.90 Å². The van der Waals surface area contributed by atoms with E-state index in [-0.39, 0.29) is 0 Å². The predicted octanol–water partition coefficient (Wildman–Crippen LogP) is 4.08. The van der Waals surface area contributed by atoms with Gasteiger partial charge in [0.25, 0.3) is 0 Å². The molecule has 0 bridgehead atoms. The van der Waals surface area contributed by atoms with Gasteiger partial charge in [0.05, 0.1) is 5.69 Å². The summed E-state index contributed by atoms with van der Waals surface area (Å²) < 4.78 is 0. The quantitative estimate of drug-likeness (QED) is 0.699. The molecule has 0 radical (unpaired) electrons. The van der Waals surface area contributed by atoms with Crippen molar-refractivity contribution in [3.63, 3.8) is 0 Å². The van der Waals surface area contributed by atoms with Crippen LogP contribution in [0.2, 0.25) is 0 Å². The van der Waals surface area contributed by atoms with Crippen LogP contribution in [-0.4, -0.2) is 13.1 Å².